The van der Waals surface area contributed by atoms with Gasteiger partial charge < -0.3 is 14.0 Å². The maximum absolute atomic E-state index is 13.3. The molecule has 2 bridgehead atoms. The van der Waals surface area contributed by atoms with E-state index in [2.05, 4.69) is 34.7 Å². The fourth-order valence-electron chi connectivity index (χ4n) is 5.08. The van der Waals surface area contributed by atoms with Gasteiger partial charge in [-0.05, 0) is 44.9 Å². The van der Waals surface area contributed by atoms with Crippen molar-refractivity contribution in [3.63, 3.8) is 0 Å². The number of aryl methyl sites for hydroxylation is 1. The van der Waals surface area contributed by atoms with Gasteiger partial charge in [-0.3, -0.25) is 4.79 Å². The van der Waals surface area contributed by atoms with Gasteiger partial charge in [-0.25, -0.2) is 0 Å². The fraction of sp³-hybridized carbons (Fsp3) is 0.450. The van der Waals surface area contributed by atoms with Gasteiger partial charge in [0.1, 0.15) is 0 Å². The molecule has 4 heteroatoms. The lowest BCUT2D eigenvalue weighted by Gasteiger charge is -2.37. The smallest absolute Gasteiger partial charge is 0.260 e. The van der Waals surface area contributed by atoms with Gasteiger partial charge in [0.25, 0.3) is 5.56 Å². The van der Waals surface area contributed by atoms with Crippen molar-refractivity contribution in [1.29, 1.82) is 0 Å². The average Bonchev–Trinajstić information content (AvgIpc) is 2.98. The molecule has 1 aromatic carbocycles. The van der Waals surface area contributed by atoms with Gasteiger partial charge in [0.15, 0.2) is 0 Å². The molecule has 2 aliphatic heterocycles. The lowest BCUT2D eigenvalue weighted by Crippen LogP contribution is -2.42. The molecule has 0 amide bonds. The summed E-state index contributed by atoms with van der Waals surface area (Å²) in [6, 6.07) is 12.0. The molecular weight excluding hydrogens is 298 g/mol. The van der Waals surface area contributed by atoms with E-state index in [0.29, 0.717) is 18.1 Å². The number of fused-ring (bicyclic) bond motifs is 5. The van der Waals surface area contributed by atoms with Crippen molar-refractivity contribution < 1.29 is 0 Å². The number of hydrogen-bond acceptors (Lipinski definition) is 2. The molecule has 0 aliphatic carbocycles. The van der Waals surface area contributed by atoms with Gasteiger partial charge in [0.05, 0.1) is 10.9 Å². The van der Waals surface area contributed by atoms with Crippen LogP contribution >= 0.6 is 0 Å². The molecule has 3 aromatic rings. The van der Waals surface area contributed by atoms with Gasteiger partial charge in [-0.2, -0.15) is 0 Å². The third-order valence-corrected chi connectivity index (χ3v) is 6.46. The molecule has 0 N–H and O–H groups in total. The summed E-state index contributed by atoms with van der Waals surface area (Å²) in [5.74, 6) is 0. The Morgan fingerprint density at radius 1 is 0.917 bits per heavy atom. The lowest BCUT2D eigenvalue weighted by atomic mass is 9.97. The fourth-order valence-corrected chi connectivity index (χ4v) is 5.08. The first-order valence-corrected chi connectivity index (χ1v) is 8.95. The Bertz CT molecular complexity index is 985. The van der Waals surface area contributed by atoms with E-state index in [0.717, 1.165) is 34.6 Å². The van der Waals surface area contributed by atoms with E-state index in [4.69, 9.17) is 0 Å². The number of pyridine rings is 1. The molecule has 2 saturated heterocycles. The number of para-hydroxylation sites is 1. The second-order valence-corrected chi connectivity index (χ2v) is 7.54. The molecule has 3 atom stereocenters. The normalized spacial score (nSPS) is 27.3. The van der Waals surface area contributed by atoms with Gasteiger partial charge >= 0.3 is 0 Å². The van der Waals surface area contributed by atoms with E-state index < -0.39 is 0 Å². The molecule has 4 heterocycles. The van der Waals surface area contributed by atoms with Crippen molar-refractivity contribution in [2.24, 2.45) is 7.05 Å². The maximum atomic E-state index is 13.3. The lowest BCUT2D eigenvalue weighted by molar-refractivity contribution is 0.136. The first-order chi connectivity index (χ1) is 11.6. The Morgan fingerprint density at radius 2 is 1.62 bits per heavy atom. The molecule has 124 valence electrons. The highest BCUT2D eigenvalue weighted by Gasteiger charge is 2.39. The van der Waals surface area contributed by atoms with Crippen molar-refractivity contribution in [3.8, 4) is 0 Å². The molecule has 2 aromatic heterocycles. The predicted octanol–water partition coefficient (Wildman–Crippen LogP) is 3.29. The molecule has 24 heavy (non-hydrogen) atoms. The number of nitrogens with zero attached hydrogens (tertiary/aromatic N) is 3. The van der Waals surface area contributed by atoms with Crippen LogP contribution in [0.15, 0.2) is 41.3 Å². The van der Waals surface area contributed by atoms with Crippen LogP contribution in [-0.2, 0) is 7.05 Å². The van der Waals surface area contributed by atoms with Gasteiger partial charge in [0, 0.05) is 42.3 Å². The van der Waals surface area contributed by atoms with Crippen LogP contribution in [0, 0.1) is 0 Å². The average molecular weight is 321 g/mol. The van der Waals surface area contributed by atoms with E-state index in [1.165, 1.54) is 12.8 Å². The molecule has 5 rings (SSSR count). The van der Waals surface area contributed by atoms with Gasteiger partial charge in [0.2, 0.25) is 0 Å². The highest BCUT2D eigenvalue weighted by molar-refractivity contribution is 6.07. The monoisotopic (exact) mass is 321 g/mol. The number of hydrogen-bond donors (Lipinski definition) is 0. The summed E-state index contributed by atoms with van der Waals surface area (Å²) in [5.41, 5.74) is 2.34. The quantitative estimate of drug-likeness (QED) is 0.688. The molecule has 0 saturated carbocycles. The SMILES string of the molecule is CN1[C@@H]2CC[C@H]1C[C@@H](n1ccc3c(c1=O)c1ccccc1n3C)C2. The summed E-state index contributed by atoms with van der Waals surface area (Å²) in [6.45, 7) is 0. The first kappa shape index (κ1) is 14.3. The third-order valence-electron chi connectivity index (χ3n) is 6.46. The molecule has 0 unspecified atom stereocenters. The minimum Gasteiger partial charge on any atom is -0.343 e. The van der Waals surface area contributed by atoms with E-state index in [-0.39, 0.29) is 5.56 Å². The minimum absolute atomic E-state index is 0.179. The topological polar surface area (TPSA) is 30.2 Å². The molecule has 0 radical (unpaired) electrons. The third kappa shape index (κ3) is 1.80. The van der Waals surface area contributed by atoms with E-state index in [9.17, 15) is 4.79 Å². The van der Waals surface area contributed by atoms with Crippen LogP contribution < -0.4 is 5.56 Å². The molecule has 2 aliphatic rings. The van der Waals surface area contributed by atoms with Crippen LogP contribution in [0.4, 0.5) is 0 Å². The summed E-state index contributed by atoms with van der Waals surface area (Å²) in [7, 11) is 4.29. The van der Waals surface area contributed by atoms with Crippen LogP contribution in [0.1, 0.15) is 31.7 Å². The first-order valence-electron chi connectivity index (χ1n) is 8.95. The molecule has 4 nitrogen and oxygen atoms in total. The summed E-state index contributed by atoms with van der Waals surface area (Å²) in [5, 5.41) is 1.95. The predicted molar refractivity (Wildman–Crippen MR) is 97.5 cm³/mol. The largest absolute Gasteiger partial charge is 0.343 e. The van der Waals surface area contributed by atoms with Crippen molar-refractivity contribution in [3.05, 3.63) is 46.9 Å². The summed E-state index contributed by atoms with van der Waals surface area (Å²) in [6.07, 6.45) is 6.79. The van der Waals surface area contributed by atoms with E-state index in [1.807, 2.05) is 29.9 Å². The number of benzene rings is 1. The Hall–Kier alpha value is -2.07. The standard InChI is InChI=1S/C20H23N3O/c1-21-13-7-8-14(21)12-15(11-13)23-10-9-18-19(20(23)24)16-5-3-4-6-17(16)22(18)2/h3-6,9-10,13-15H,7-8,11-12H2,1-2H3/t13-,14+,15+. The molecule has 2 fully saturated rings. The Kier molecular flexibility index (Phi) is 2.95. The zero-order valence-corrected chi connectivity index (χ0v) is 14.3. The van der Waals surface area contributed by atoms with Crippen molar-refractivity contribution in [2.75, 3.05) is 7.05 Å². The summed E-state index contributed by atoms with van der Waals surface area (Å²) < 4.78 is 4.15. The zero-order chi connectivity index (χ0) is 16.4. The molecular formula is C20H23N3O. The highest BCUT2D eigenvalue weighted by Crippen LogP contribution is 2.39. The van der Waals surface area contributed by atoms with E-state index >= 15 is 0 Å². The molecule has 0 spiro atoms. The van der Waals surface area contributed by atoms with Crippen molar-refractivity contribution >= 4 is 21.8 Å². The minimum atomic E-state index is 0.179. The summed E-state index contributed by atoms with van der Waals surface area (Å²) in [4.78, 5) is 15.8. The number of rotatable bonds is 1. The van der Waals surface area contributed by atoms with Crippen LogP contribution in [0.2, 0.25) is 0 Å². The van der Waals surface area contributed by atoms with Crippen LogP contribution in [0.3, 0.4) is 0 Å². The number of piperidine rings is 1. The maximum Gasteiger partial charge on any atom is 0.260 e. The Morgan fingerprint density at radius 3 is 2.38 bits per heavy atom. The van der Waals surface area contributed by atoms with Gasteiger partial charge in [-0.1, -0.05) is 18.2 Å². The van der Waals surface area contributed by atoms with Crippen LogP contribution in [0.25, 0.3) is 21.8 Å². The zero-order valence-electron chi connectivity index (χ0n) is 14.3. The van der Waals surface area contributed by atoms with Crippen LogP contribution in [-0.4, -0.2) is 33.2 Å². The van der Waals surface area contributed by atoms with Crippen LogP contribution in [0.5, 0.6) is 0 Å². The highest BCUT2D eigenvalue weighted by atomic mass is 16.1. The van der Waals surface area contributed by atoms with E-state index in [1.54, 1.807) is 0 Å². The second-order valence-electron chi connectivity index (χ2n) is 7.54. The Labute approximate surface area is 141 Å². The summed E-state index contributed by atoms with van der Waals surface area (Å²) >= 11 is 0. The Balaban J connectivity index is 1.70. The van der Waals surface area contributed by atoms with Crippen molar-refractivity contribution in [1.82, 2.24) is 14.0 Å². The van der Waals surface area contributed by atoms with Crippen molar-refractivity contribution in [2.45, 2.75) is 43.8 Å². The second kappa shape index (κ2) is 4.96. The van der Waals surface area contributed by atoms with Gasteiger partial charge in [-0.15, -0.1) is 0 Å². The number of aromatic nitrogens is 2.